The Labute approximate surface area is 182 Å². The molecular formula is C17H22Br2N4O4S. The first-order valence-corrected chi connectivity index (χ1v) is 12.3. The Morgan fingerprint density at radius 2 is 1.79 bits per heavy atom. The van der Waals surface area contributed by atoms with Gasteiger partial charge in [-0.1, -0.05) is 37.8 Å². The number of likely N-dealkylation sites (N-methyl/N-ethyl adjacent to an activating group) is 1. The molecule has 0 spiro atoms. The first kappa shape index (κ1) is 23.1. The maximum Gasteiger partial charge on any atom is 0.272 e. The molecule has 2 rings (SSSR count). The van der Waals surface area contributed by atoms with Crippen molar-refractivity contribution in [2.24, 2.45) is 0 Å². The molecule has 0 atom stereocenters. The van der Waals surface area contributed by atoms with E-state index in [0.717, 1.165) is 6.07 Å². The van der Waals surface area contributed by atoms with E-state index >= 15 is 0 Å². The molecule has 0 radical (unpaired) electrons. The maximum absolute atomic E-state index is 13.4. The summed E-state index contributed by atoms with van der Waals surface area (Å²) >= 11 is 6.75. The number of nitro groups is 1. The van der Waals surface area contributed by atoms with Gasteiger partial charge in [-0.3, -0.25) is 10.1 Å². The topological polar surface area (TPSA) is 87.0 Å². The van der Waals surface area contributed by atoms with Crippen molar-refractivity contribution in [1.29, 1.82) is 0 Å². The van der Waals surface area contributed by atoms with E-state index in [0.29, 0.717) is 55.6 Å². The van der Waals surface area contributed by atoms with Crippen LogP contribution in [0.2, 0.25) is 0 Å². The molecule has 1 aromatic carbocycles. The van der Waals surface area contributed by atoms with Crippen LogP contribution in [-0.4, -0.2) is 79.5 Å². The Balaban J connectivity index is 2.69. The van der Waals surface area contributed by atoms with Crippen LogP contribution in [0.4, 0.5) is 11.4 Å². The second-order valence-corrected chi connectivity index (χ2v) is 9.81. The molecule has 0 N–H and O–H groups in total. The van der Waals surface area contributed by atoms with E-state index < -0.39 is 14.9 Å². The van der Waals surface area contributed by atoms with Gasteiger partial charge in [0.25, 0.3) is 5.69 Å². The van der Waals surface area contributed by atoms with Crippen molar-refractivity contribution in [2.45, 2.75) is 4.90 Å². The van der Waals surface area contributed by atoms with Gasteiger partial charge in [-0.25, -0.2) is 8.42 Å². The Morgan fingerprint density at radius 3 is 2.25 bits per heavy atom. The van der Waals surface area contributed by atoms with Crippen LogP contribution in [-0.2, 0) is 10.0 Å². The third-order valence-corrected chi connectivity index (χ3v) is 7.15. The number of benzene rings is 1. The van der Waals surface area contributed by atoms with Gasteiger partial charge >= 0.3 is 0 Å². The van der Waals surface area contributed by atoms with Gasteiger partial charge in [0.1, 0.15) is 4.90 Å². The number of rotatable bonds is 8. The van der Waals surface area contributed by atoms with Gasteiger partial charge in [-0.15, -0.1) is 6.42 Å². The monoisotopic (exact) mass is 536 g/mol. The first-order valence-electron chi connectivity index (χ1n) is 8.60. The number of sulfonamides is 1. The zero-order chi connectivity index (χ0) is 20.9. The summed E-state index contributed by atoms with van der Waals surface area (Å²) in [6.45, 7) is 2.84. The number of alkyl halides is 2. The molecule has 1 aromatic rings. The minimum absolute atomic E-state index is 0.110. The second-order valence-electron chi connectivity index (χ2n) is 6.31. The van der Waals surface area contributed by atoms with Crippen LogP contribution in [0.3, 0.4) is 0 Å². The number of nitro benzene ring substituents is 1. The van der Waals surface area contributed by atoms with Crippen LogP contribution >= 0.6 is 31.9 Å². The molecule has 154 valence electrons. The lowest BCUT2D eigenvalue weighted by Gasteiger charge is -2.33. The number of hydrogen-bond donors (Lipinski definition) is 0. The van der Waals surface area contributed by atoms with Crippen molar-refractivity contribution >= 4 is 53.3 Å². The van der Waals surface area contributed by atoms with Crippen molar-refractivity contribution in [3.05, 3.63) is 27.8 Å². The van der Waals surface area contributed by atoms with Crippen molar-refractivity contribution < 1.29 is 13.3 Å². The lowest BCUT2D eigenvalue weighted by Crippen LogP contribution is -2.47. The molecule has 28 heavy (non-hydrogen) atoms. The second kappa shape index (κ2) is 10.0. The molecule has 0 amide bonds. The number of hydrogen-bond acceptors (Lipinski definition) is 6. The lowest BCUT2D eigenvalue weighted by atomic mass is 10.1. The highest BCUT2D eigenvalue weighted by atomic mass is 79.9. The number of non-ortho nitro benzene ring substituents is 1. The number of piperazine rings is 1. The van der Waals surface area contributed by atoms with Crippen molar-refractivity contribution in [3.8, 4) is 12.3 Å². The van der Waals surface area contributed by atoms with Crippen LogP contribution in [0.5, 0.6) is 0 Å². The zero-order valence-electron chi connectivity index (χ0n) is 15.5. The van der Waals surface area contributed by atoms with Crippen molar-refractivity contribution in [2.75, 3.05) is 61.9 Å². The summed E-state index contributed by atoms with van der Waals surface area (Å²) in [5, 5.41) is 12.6. The fraction of sp³-hybridized carbons (Fsp3) is 0.529. The van der Waals surface area contributed by atoms with Gasteiger partial charge in [-0.2, -0.15) is 4.31 Å². The highest BCUT2D eigenvalue weighted by Crippen LogP contribution is 2.35. The van der Waals surface area contributed by atoms with Gasteiger partial charge in [-0.05, 0) is 7.05 Å². The number of terminal acetylenes is 1. The highest BCUT2D eigenvalue weighted by molar-refractivity contribution is 9.09. The number of anilines is 1. The molecule has 0 aromatic heterocycles. The van der Waals surface area contributed by atoms with Crippen molar-refractivity contribution in [3.63, 3.8) is 0 Å². The Morgan fingerprint density at radius 1 is 1.21 bits per heavy atom. The van der Waals surface area contributed by atoms with E-state index in [1.807, 2.05) is 16.8 Å². The fourth-order valence-corrected chi connectivity index (χ4v) is 5.57. The summed E-state index contributed by atoms with van der Waals surface area (Å²) in [5.74, 6) is 2.44. The summed E-state index contributed by atoms with van der Waals surface area (Å²) in [6.07, 6.45) is 5.62. The molecule has 1 saturated heterocycles. The fourth-order valence-electron chi connectivity index (χ4n) is 3.04. The third-order valence-electron chi connectivity index (χ3n) is 4.53. The average Bonchev–Trinajstić information content (AvgIpc) is 2.67. The SMILES string of the molecule is C#Cc1cc([N+](=O)[O-])cc(S(=O)(=O)N2CCN(C)CC2)c1N(CCBr)CCBr. The van der Waals surface area contributed by atoms with Gasteiger partial charge in [0, 0.05) is 62.1 Å². The lowest BCUT2D eigenvalue weighted by molar-refractivity contribution is -0.385. The van der Waals surface area contributed by atoms with Gasteiger partial charge in [0.05, 0.1) is 16.2 Å². The summed E-state index contributed by atoms with van der Waals surface area (Å²) in [5.41, 5.74) is 0.205. The molecule has 0 saturated carbocycles. The molecule has 1 heterocycles. The number of nitrogens with zero attached hydrogens (tertiary/aromatic N) is 4. The average molecular weight is 538 g/mol. The standard InChI is InChI=1S/C17H22Br2N4O4S/c1-3-14-12-15(23(24)25)13-16(17(14)21(6-4-18)7-5-19)28(26,27)22-10-8-20(2)9-11-22/h1,12-13H,4-11H2,2H3. The molecule has 0 aliphatic carbocycles. The van der Waals surface area contributed by atoms with Crippen LogP contribution in [0.15, 0.2) is 17.0 Å². The normalized spacial score (nSPS) is 15.9. The summed E-state index contributed by atoms with van der Waals surface area (Å²) in [4.78, 5) is 14.5. The molecule has 8 nitrogen and oxygen atoms in total. The first-order chi connectivity index (χ1) is 13.3. The van der Waals surface area contributed by atoms with E-state index in [1.165, 1.54) is 10.4 Å². The van der Waals surface area contributed by atoms with Crippen LogP contribution in [0.1, 0.15) is 5.56 Å². The Hall–Kier alpha value is -1.19. The van der Waals surface area contributed by atoms with E-state index in [-0.39, 0.29) is 16.1 Å². The Bertz CT molecular complexity index is 859. The zero-order valence-corrected chi connectivity index (χ0v) is 19.5. The molecule has 1 fully saturated rings. The van der Waals surface area contributed by atoms with Gasteiger partial charge < -0.3 is 9.80 Å². The van der Waals surface area contributed by atoms with Gasteiger partial charge in [0.2, 0.25) is 10.0 Å². The van der Waals surface area contributed by atoms with Crippen molar-refractivity contribution in [1.82, 2.24) is 9.21 Å². The Kier molecular flexibility index (Phi) is 8.27. The molecule has 11 heteroatoms. The van der Waals surface area contributed by atoms with E-state index in [4.69, 9.17) is 6.42 Å². The predicted octanol–water partition coefficient (Wildman–Crippen LogP) is 2.11. The third kappa shape index (κ3) is 5.04. The molecule has 1 aliphatic rings. The molecule has 1 aliphatic heterocycles. The maximum atomic E-state index is 13.4. The largest absolute Gasteiger partial charge is 0.368 e. The predicted molar refractivity (Wildman–Crippen MR) is 117 cm³/mol. The molecule has 0 unspecified atom stereocenters. The van der Waals surface area contributed by atoms with E-state index in [9.17, 15) is 18.5 Å². The summed E-state index contributed by atoms with van der Waals surface area (Å²) in [6, 6.07) is 2.38. The highest BCUT2D eigenvalue weighted by Gasteiger charge is 2.34. The van der Waals surface area contributed by atoms with E-state index in [1.54, 1.807) is 0 Å². The smallest absolute Gasteiger partial charge is 0.272 e. The van der Waals surface area contributed by atoms with E-state index in [2.05, 4.69) is 37.8 Å². The van der Waals surface area contributed by atoms with Crippen LogP contribution < -0.4 is 4.90 Å². The molecule has 0 bridgehead atoms. The molecular weight excluding hydrogens is 516 g/mol. The van der Waals surface area contributed by atoms with Crippen LogP contribution in [0.25, 0.3) is 0 Å². The minimum Gasteiger partial charge on any atom is -0.368 e. The quantitative estimate of drug-likeness (QED) is 0.218. The minimum atomic E-state index is -3.95. The number of halogens is 2. The van der Waals surface area contributed by atoms with Crippen LogP contribution in [0, 0.1) is 22.5 Å². The van der Waals surface area contributed by atoms with Gasteiger partial charge in [0.15, 0.2) is 0 Å². The summed E-state index contributed by atoms with van der Waals surface area (Å²) < 4.78 is 28.2. The summed E-state index contributed by atoms with van der Waals surface area (Å²) in [7, 11) is -2.03.